The van der Waals surface area contributed by atoms with Crippen LogP contribution in [0.25, 0.3) is 17.1 Å². The van der Waals surface area contributed by atoms with E-state index in [-0.39, 0.29) is 29.6 Å². The van der Waals surface area contributed by atoms with E-state index < -0.39 is 11.6 Å². The van der Waals surface area contributed by atoms with Crippen LogP contribution in [-0.2, 0) is 4.74 Å². The van der Waals surface area contributed by atoms with Crippen molar-refractivity contribution in [2.45, 2.75) is 0 Å². The number of methoxy groups -OCH3 is 1. The number of nitrogens with two attached hydrogens (primary N) is 1. The Balaban J connectivity index is 2.33. The maximum absolute atomic E-state index is 13.5. The van der Waals surface area contributed by atoms with Crippen molar-refractivity contribution in [3.8, 4) is 11.4 Å². The molecule has 0 fully saturated rings. The van der Waals surface area contributed by atoms with Crippen LogP contribution in [0.15, 0.2) is 28.8 Å². The maximum Gasteiger partial charge on any atom is 0.273 e. The molecule has 0 aliphatic heterocycles. The van der Waals surface area contributed by atoms with Crippen LogP contribution < -0.4 is 5.73 Å². The fourth-order valence-electron chi connectivity index (χ4n) is 1.38. The smallest absolute Gasteiger partial charge is 0.273 e. The third-order valence-electron chi connectivity index (χ3n) is 2.31. The molecule has 2 N–H and O–H groups in total. The molecule has 2 rings (SSSR count). The Bertz CT molecular complexity index is 611. The van der Waals surface area contributed by atoms with Crippen LogP contribution in [0, 0.1) is 11.6 Å². The van der Waals surface area contributed by atoms with Crippen LogP contribution >= 0.6 is 0 Å². The number of aromatic nitrogens is 2. The monoisotopic (exact) mass is 267 g/mol. The normalized spacial score (nSPS) is 11.8. The van der Waals surface area contributed by atoms with Gasteiger partial charge in [-0.1, -0.05) is 5.16 Å². The van der Waals surface area contributed by atoms with E-state index >= 15 is 0 Å². The van der Waals surface area contributed by atoms with Crippen LogP contribution in [0.1, 0.15) is 5.89 Å². The Kier molecular flexibility index (Phi) is 3.86. The Morgan fingerprint density at radius 2 is 2.26 bits per heavy atom. The third kappa shape index (κ3) is 2.94. The van der Waals surface area contributed by atoms with Crippen molar-refractivity contribution in [1.82, 2.24) is 10.1 Å². The van der Waals surface area contributed by atoms with Crippen molar-refractivity contribution in [3.05, 3.63) is 41.8 Å². The number of ether oxygens (including phenoxy) is 1. The van der Waals surface area contributed by atoms with Gasteiger partial charge in [-0.3, -0.25) is 0 Å². The first-order valence-electron chi connectivity index (χ1n) is 5.36. The van der Waals surface area contributed by atoms with Gasteiger partial charge in [-0.05, 0) is 24.3 Å². The molecule has 1 aromatic carbocycles. The topological polar surface area (TPSA) is 74.2 Å². The summed E-state index contributed by atoms with van der Waals surface area (Å²) in [6, 6.07) is 2.98. The number of halogens is 2. The third-order valence-corrected chi connectivity index (χ3v) is 2.31. The van der Waals surface area contributed by atoms with Crippen molar-refractivity contribution >= 4 is 5.70 Å². The lowest BCUT2D eigenvalue weighted by Gasteiger charge is -1.96. The van der Waals surface area contributed by atoms with Crippen LogP contribution in [0.4, 0.5) is 8.78 Å². The first-order chi connectivity index (χ1) is 9.11. The van der Waals surface area contributed by atoms with Gasteiger partial charge in [0.2, 0.25) is 5.82 Å². The molecule has 0 aliphatic rings. The van der Waals surface area contributed by atoms with E-state index in [1.807, 2.05) is 0 Å². The molecule has 0 saturated heterocycles. The molecule has 2 aromatic rings. The summed E-state index contributed by atoms with van der Waals surface area (Å²) in [5.41, 5.74) is 5.78. The Morgan fingerprint density at radius 1 is 1.47 bits per heavy atom. The van der Waals surface area contributed by atoms with Crippen LogP contribution in [0.2, 0.25) is 0 Å². The molecular weight excluding hydrogens is 256 g/mol. The van der Waals surface area contributed by atoms with Crippen LogP contribution in [0.5, 0.6) is 0 Å². The SMILES string of the molecule is COC/C=C(/N)c1nc(-c2cc(F)ccc2F)no1. The average molecular weight is 267 g/mol. The zero-order valence-electron chi connectivity index (χ0n) is 10.1. The summed E-state index contributed by atoms with van der Waals surface area (Å²) in [6.07, 6.45) is 1.53. The van der Waals surface area contributed by atoms with Crippen molar-refractivity contribution < 1.29 is 18.0 Å². The number of nitrogens with zero attached hydrogens (tertiary/aromatic N) is 2. The Hall–Kier alpha value is -2.28. The fraction of sp³-hybridized carbons (Fsp3) is 0.167. The second-order valence-corrected chi connectivity index (χ2v) is 3.66. The quantitative estimate of drug-likeness (QED) is 0.916. The molecule has 19 heavy (non-hydrogen) atoms. The largest absolute Gasteiger partial charge is 0.394 e. The molecular formula is C12H11F2N3O2. The first-order valence-corrected chi connectivity index (χ1v) is 5.36. The minimum atomic E-state index is -0.645. The van der Waals surface area contributed by atoms with E-state index in [1.54, 1.807) is 0 Å². The standard InChI is InChI=1S/C12H11F2N3O2/c1-18-5-4-10(15)12-16-11(17-19-12)8-6-7(13)2-3-9(8)14/h2-4,6H,5,15H2,1H3/b10-4+. The van der Waals surface area contributed by atoms with Gasteiger partial charge < -0.3 is 15.0 Å². The van der Waals surface area contributed by atoms with Gasteiger partial charge in [0, 0.05) is 7.11 Å². The first kappa shape index (κ1) is 13.2. The summed E-state index contributed by atoms with van der Waals surface area (Å²) >= 11 is 0. The van der Waals surface area contributed by atoms with Gasteiger partial charge in [-0.15, -0.1) is 0 Å². The van der Waals surface area contributed by atoms with Crippen LogP contribution in [0.3, 0.4) is 0 Å². The van der Waals surface area contributed by atoms with Crippen LogP contribution in [-0.4, -0.2) is 23.9 Å². The molecule has 0 atom stereocenters. The van der Waals surface area contributed by atoms with Gasteiger partial charge >= 0.3 is 0 Å². The molecule has 0 saturated carbocycles. The molecule has 5 nitrogen and oxygen atoms in total. The molecule has 1 aromatic heterocycles. The van der Waals surface area contributed by atoms with Crippen molar-refractivity contribution in [1.29, 1.82) is 0 Å². The highest BCUT2D eigenvalue weighted by Gasteiger charge is 2.14. The molecule has 7 heteroatoms. The van der Waals surface area contributed by atoms with Crippen molar-refractivity contribution in [2.75, 3.05) is 13.7 Å². The summed E-state index contributed by atoms with van der Waals surface area (Å²) in [5.74, 6) is -1.28. The predicted octanol–water partition coefficient (Wildman–Crippen LogP) is 1.96. The number of hydrogen-bond donors (Lipinski definition) is 1. The lowest BCUT2D eigenvalue weighted by Crippen LogP contribution is -1.99. The lowest BCUT2D eigenvalue weighted by molar-refractivity contribution is 0.234. The molecule has 0 bridgehead atoms. The summed E-state index contributed by atoms with van der Waals surface area (Å²) in [5, 5.41) is 3.56. The van der Waals surface area contributed by atoms with E-state index in [0.29, 0.717) is 0 Å². The average Bonchev–Trinajstić information content (AvgIpc) is 2.88. The second-order valence-electron chi connectivity index (χ2n) is 3.66. The van der Waals surface area contributed by atoms with Gasteiger partial charge in [-0.2, -0.15) is 4.98 Å². The number of benzene rings is 1. The Morgan fingerprint density at radius 3 is 3.00 bits per heavy atom. The van der Waals surface area contributed by atoms with Gasteiger partial charge in [-0.25, -0.2) is 8.78 Å². The zero-order valence-corrected chi connectivity index (χ0v) is 10.1. The fourth-order valence-corrected chi connectivity index (χ4v) is 1.38. The molecule has 0 unspecified atom stereocenters. The van der Waals surface area contributed by atoms with Crippen molar-refractivity contribution in [3.63, 3.8) is 0 Å². The van der Waals surface area contributed by atoms with Gasteiger partial charge in [0.05, 0.1) is 17.9 Å². The highest BCUT2D eigenvalue weighted by molar-refractivity contribution is 5.60. The maximum atomic E-state index is 13.5. The predicted molar refractivity (Wildman–Crippen MR) is 63.7 cm³/mol. The number of hydrogen-bond acceptors (Lipinski definition) is 5. The molecule has 100 valence electrons. The van der Waals surface area contributed by atoms with E-state index in [1.165, 1.54) is 13.2 Å². The molecule has 0 spiro atoms. The minimum Gasteiger partial charge on any atom is -0.394 e. The molecule has 1 heterocycles. The van der Waals surface area contributed by atoms with Gasteiger partial charge in [0.1, 0.15) is 11.6 Å². The zero-order chi connectivity index (χ0) is 13.8. The minimum absolute atomic E-state index is 0.0238. The summed E-state index contributed by atoms with van der Waals surface area (Å²) in [7, 11) is 1.51. The van der Waals surface area contributed by atoms with E-state index in [4.69, 9.17) is 15.0 Å². The number of rotatable bonds is 4. The van der Waals surface area contributed by atoms with E-state index in [0.717, 1.165) is 18.2 Å². The molecule has 0 amide bonds. The van der Waals surface area contributed by atoms with Gasteiger partial charge in [0.15, 0.2) is 0 Å². The second kappa shape index (κ2) is 5.57. The highest BCUT2D eigenvalue weighted by atomic mass is 19.1. The van der Waals surface area contributed by atoms with Crippen molar-refractivity contribution in [2.24, 2.45) is 5.73 Å². The summed E-state index contributed by atoms with van der Waals surface area (Å²) in [6.45, 7) is 0.276. The summed E-state index contributed by atoms with van der Waals surface area (Å²) < 4.78 is 36.3. The Labute approximate surface area is 107 Å². The van der Waals surface area contributed by atoms with Gasteiger partial charge in [0.25, 0.3) is 5.89 Å². The molecule has 0 radical (unpaired) electrons. The highest BCUT2D eigenvalue weighted by Crippen LogP contribution is 2.21. The summed E-state index contributed by atoms with van der Waals surface area (Å²) in [4.78, 5) is 3.90. The lowest BCUT2D eigenvalue weighted by atomic mass is 10.2. The van der Waals surface area contributed by atoms with E-state index in [9.17, 15) is 8.78 Å². The molecule has 0 aliphatic carbocycles. The van der Waals surface area contributed by atoms with E-state index in [2.05, 4.69) is 10.1 Å².